The molecule has 0 atom stereocenters. The molecule has 0 N–H and O–H groups in total. The van der Waals surface area contributed by atoms with Gasteiger partial charge in [-0.25, -0.2) is 0 Å². The summed E-state index contributed by atoms with van der Waals surface area (Å²) in [6.07, 6.45) is 0. The van der Waals surface area contributed by atoms with E-state index in [1.54, 1.807) is 48.5 Å². The molecule has 0 heterocycles. The zero-order valence-electron chi connectivity index (χ0n) is 8.94. The summed E-state index contributed by atoms with van der Waals surface area (Å²) in [5, 5.41) is 0. The predicted molar refractivity (Wildman–Crippen MR) is 70.6 cm³/mol. The van der Waals surface area contributed by atoms with Crippen molar-refractivity contribution in [2.75, 3.05) is 0 Å². The molecule has 0 unspecified atom stereocenters. The third kappa shape index (κ3) is 2.51. The van der Waals surface area contributed by atoms with Crippen LogP contribution in [0, 0.1) is 0 Å². The summed E-state index contributed by atoms with van der Waals surface area (Å²) < 4.78 is -1.54. The van der Waals surface area contributed by atoms with Crippen LogP contribution in [0.15, 0.2) is 60.7 Å². The van der Waals surface area contributed by atoms with Crippen molar-refractivity contribution in [3.05, 3.63) is 71.8 Å². The normalized spacial score (nSPS) is 11.2. The molecule has 0 fully saturated rings. The minimum absolute atomic E-state index is 0.312. The largest absolute Gasteiger partial charge is 0.290 e. The zero-order valence-corrected chi connectivity index (χ0v) is 10.4. The maximum absolute atomic E-state index is 12.2. The second-order valence-electron chi connectivity index (χ2n) is 3.64. The van der Waals surface area contributed by atoms with E-state index in [0.717, 1.165) is 0 Å². The van der Waals surface area contributed by atoms with Crippen LogP contribution in [0.25, 0.3) is 0 Å². The molecule has 0 radical (unpaired) electrons. The Bertz CT molecular complexity index is 506. The quantitative estimate of drug-likeness (QED) is 0.600. The highest BCUT2D eigenvalue weighted by Crippen LogP contribution is 2.37. The van der Waals surface area contributed by atoms with Crippen molar-refractivity contribution in [3.8, 4) is 0 Å². The number of alkyl halides is 2. The van der Waals surface area contributed by atoms with E-state index in [1.165, 1.54) is 0 Å². The number of rotatable bonds is 3. The van der Waals surface area contributed by atoms with Crippen molar-refractivity contribution < 1.29 is 4.79 Å². The van der Waals surface area contributed by atoms with E-state index < -0.39 is 4.33 Å². The molecule has 17 heavy (non-hydrogen) atoms. The average molecular weight is 265 g/mol. The Morgan fingerprint density at radius 2 is 1.29 bits per heavy atom. The summed E-state index contributed by atoms with van der Waals surface area (Å²) >= 11 is 12.3. The first kappa shape index (κ1) is 12.2. The van der Waals surface area contributed by atoms with Crippen LogP contribution in [0.1, 0.15) is 15.9 Å². The molecule has 0 amide bonds. The highest BCUT2D eigenvalue weighted by Gasteiger charge is 2.36. The molecule has 86 valence electrons. The molecule has 0 bridgehead atoms. The summed E-state index contributed by atoms with van der Waals surface area (Å²) in [5.41, 5.74) is 1.08. The van der Waals surface area contributed by atoms with Crippen LogP contribution in [0.4, 0.5) is 0 Å². The maximum Gasteiger partial charge on any atom is 0.205 e. The predicted octanol–water partition coefficient (Wildman–Crippen LogP) is 4.20. The zero-order chi connectivity index (χ0) is 12.3. The minimum Gasteiger partial charge on any atom is -0.290 e. The van der Waals surface area contributed by atoms with Crippen molar-refractivity contribution in [2.45, 2.75) is 4.33 Å². The molecule has 0 aliphatic carbocycles. The van der Waals surface area contributed by atoms with Gasteiger partial charge < -0.3 is 0 Å². The van der Waals surface area contributed by atoms with Crippen LogP contribution in [0.3, 0.4) is 0 Å². The number of hydrogen-bond donors (Lipinski definition) is 0. The van der Waals surface area contributed by atoms with Gasteiger partial charge in [0.2, 0.25) is 10.1 Å². The topological polar surface area (TPSA) is 17.1 Å². The highest BCUT2D eigenvalue weighted by molar-refractivity contribution is 6.59. The van der Waals surface area contributed by atoms with Crippen molar-refractivity contribution in [1.29, 1.82) is 0 Å². The Labute approximate surface area is 110 Å². The van der Waals surface area contributed by atoms with Crippen LogP contribution in [0.5, 0.6) is 0 Å². The number of ketones is 1. The standard InChI is InChI=1S/C14H10Cl2O/c15-14(16,12-9-5-2-6-10-12)13(17)11-7-3-1-4-8-11/h1-10H. The van der Waals surface area contributed by atoms with Crippen molar-refractivity contribution >= 4 is 29.0 Å². The second-order valence-corrected chi connectivity index (χ2v) is 4.96. The van der Waals surface area contributed by atoms with Crippen LogP contribution in [-0.4, -0.2) is 5.78 Å². The molecule has 1 nitrogen and oxygen atoms in total. The molecule has 0 saturated heterocycles. The van der Waals surface area contributed by atoms with Gasteiger partial charge in [0.05, 0.1) is 0 Å². The van der Waals surface area contributed by atoms with Gasteiger partial charge in [-0.3, -0.25) is 4.79 Å². The Kier molecular flexibility index (Phi) is 3.51. The monoisotopic (exact) mass is 264 g/mol. The van der Waals surface area contributed by atoms with Gasteiger partial charge in [-0.1, -0.05) is 83.9 Å². The van der Waals surface area contributed by atoms with E-state index in [2.05, 4.69) is 0 Å². The third-order valence-corrected chi connectivity index (χ3v) is 3.24. The van der Waals surface area contributed by atoms with E-state index in [4.69, 9.17) is 23.2 Å². The summed E-state index contributed by atoms with van der Waals surface area (Å²) in [6, 6.07) is 17.7. The molecule has 0 aliphatic rings. The van der Waals surface area contributed by atoms with E-state index in [1.807, 2.05) is 12.1 Å². The van der Waals surface area contributed by atoms with Gasteiger partial charge >= 0.3 is 0 Å². The average Bonchev–Trinajstić information content (AvgIpc) is 2.40. The van der Waals surface area contributed by atoms with Crippen LogP contribution in [0.2, 0.25) is 0 Å². The van der Waals surface area contributed by atoms with Gasteiger partial charge in [0.1, 0.15) is 0 Å². The maximum atomic E-state index is 12.2. The Morgan fingerprint density at radius 3 is 1.82 bits per heavy atom. The summed E-state index contributed by atoms with van der Waals surface area (Å²) in [5.74, 6) is -0.312. The lowest BCUT2D eigenvalue weighted by molar-refractivity contribution is 0.0972. The molecule has 0 aliphatic heterocycles. The molecule has 0 spiro atoms. The first-order valence-electron chi connectivity index (χ1n) is 5.15. The molecule has 0 aromatic heterocycles. The number of hydrogen-bond acceptors (Lipinski definition) is 1. The van der Waals surface area contributed by atoms with Gasteiger partial charge in [-0.05, 0) is 5.56 Å². The van der Waals surface area contributed by atoms with Crippen molar-refractivity contribution in [1.82, 2.24) is 0 Å². The lowest BCUT2D eigenvalue weighted by Gasteiger charge is -2.18. The first-order chi connectivity index (χ1) is 8.12. The van der Waals surface area contributed by atoms with Crippen molar-refractivity contribution in [3.63, 3.8) is 0 Å². The minimum atomic E-state index is -1.54. The third-order valence-electron chi connectivity index (χ3n) is 2.46. The Morgan fingerprint density at radius 1 is 0.824 bits per heavy atom. The highest BCUT2D eigenvalue weighted by atomic mass is 35.5. The fraction of sp³-hybridized carbons (Fsp3) is 0.0714. The van der Waals surface area contributed by atoms with E-state index in [9.17, 15) is 4.79 Å². The van der Waals surface area contributed by atoms with Gasteiger partial charge in [-0.15, -0.1) is 0 Å². The van der Waals surface area contributed by atoms with Gasteiger partial charge in [0, 0.05) is 5.56 Å². The summed E-state index contributed by atoms with van der Waals surface area (Å²) in [7, 11) is 0. The molecular formula is C14H10Cl2O. The lowest BCUT2D eigenvalue weighted by atomic mass is 10.0. The fourth-order valence-electron chi connectivity index (χ4n) is 1.55. The SMILES string of the molecule is O=C(c1ccccc1)C(Cl)(Cl)c1ccccc1. The number of carbonyl (C=O) groups excluding carboxylic acids is 1. The van der Waals surface area contributed by atoms with E-state index >= 15 is 0 Å². The van der Waals surface area contributed by atoms with E-state index in [0.29, 0.717) is 11.1 Å². The number of carbonyl (C=O) groups is 1. The lowest BCUT2D eigenvalue weighted by Crippen LogP contribution is -2.23. The molecule has 0 saturated carbocycles. The summed E-state index contributed by atoms with van der Waals surface area (Å²) in [4.78, 5) is 12.2. The molecule has 2 aromatic rings. The molecule has 2 aromatic carbocycles. The van der Waals surface area contributed by atoms with Crippen LogP contribution >= 0.6 is 23.2 Å². The summed E-state index contributed by atoms with van der Waals surface area (Å²) in [6.45, 7) is 0. The van der Waals surface area contributed by atoms with Gasteiger partial charge in [-0.2, -0.15) is 0 Å². The van der Waals surface area contributed by atoms with Gasteiger partial charge in [0.25, 0.3) is 0 Å². The molecule has 3 heteroatoms. The first-order valence-corrected chi connectivity index (χ1v) is 5.91. The fourth-order valence-corrected chi connectivity index (χ4v) is 2.02. The Hall–Kier alpha value is -1.31. The number of benzene rings is 2. The van der Waals surface area contributed by atoms with Crippen LogP contribution < -0.4 is 0 Å². The second kappa shape index (κ2) is 4.91. The molecular weight excluding hydrogens is 255 g/mol. The van der Waals surface area contributed by atoms with Crippen LogP contribution in [-0.2, 0) is 4.33 Å². The number of Topliss-reactive ketones (excluding diaryl/α,β-unsaturated/α-hetero) is 1. The van der Waals surface area contributed by atoms with E-state index in [-0.39, 0.29) is 5.78 Å². The van der Waals surface area contributed by atoms with Gasteiger partial charge in [0.15, 0.2) is 0 Å². The smallest absolute Gasteiger partial charge is 0.205 e. The molecule has 2 rings (SSSR count). The number of halogens is 2. The van der Waals surface area contributed by atoms with Crippen molar-refractivity contribution in [2.24, 2.45) is 0 Å². The Balaban J connectivity index is 2.37.